The Balaban J connectivity index is 1.75. The highest BCUT2D eigenvalue weighted by atomic mass is 35.5. The van der Waals surface area contributed by atoms with Gasteiger partial charge in [0.2, 0.25) is 0 Å². The van der Waals surface area contributed by atoms with Crippen LogP contribution >= 0.6 is 11.6 Å². The Morgan fingerprint density at radius 3 is 2.50 bits per heavy atom. The highest BCUT2D eigenvalue weighted by molar-refractivity contribution is 6.30. The molecule has 0 aliphatic heterocycles. The first-order valence-corrected chi connectivity index (χ1v) is 7.87. The van der Waals surface area contributed by atoms with Crippen LogP contribution in [0, 0.1) is 11.2 Å². The average Bonchev–Trinajstić information content (AvgIpc) is 2.70. The summed E-state index contributed by atoms with van der Waals surface area (Å²) in [6, 6.07) is 4.88. The van der Waals surface area contributed by atoms with Crippen LogP contribution in [0.1, 0.15) is 44.9 Å². The van der Waals surface area contributed by atoms with Gasteiger partial charge in [-0.3, -0.25) is 0 Å². The molecule has 2 nitrogen and oxygen atoms in total. The minimum Gasteiger partial charge on any atom is -0.490 e. The third-order valence-corrected chi connectivity index (χ3v) is 5.36. The number of ether oxygens (including phenoxy) is 1. The third-order valence-electron chi connectivity index (χ3n) is 5.05. The molecule has 2 aliphatic rings. The van der Waals surface area contributed by atoms with E-state index in [1.807, 2.05) is 0 Å². The molecule has 1 aromatic carbocycles. The first-order chi connectivity index (χ1) is 9.62. The van der Waals surface area contributed by atoms with Gasteiger partial charge in [-0.2, -0.15) is 0 Å². The van der Waals surface area contributed by atoms with E-state index in [0.717, 1.165) is 19.3 Å². The van der Waals surface area contributed by atoms with Crippen molar-refractivity contribution in [3.8, 4) is 5.75 Å². The Bertz CT molecular complexity index is 485. The van der Waals surface area contributed by atoms with Gasteiger partial charge in [0.25, 0.3) is 0 Å². The van der Waals surface area contributed by atoms with Gasteiger partial charge in [0.15, 0.2) is 0 Å². The molecule has 0 amide bonds. The summed E-state index contributed by atoms with van der Waals surface area (Å²) in [6.45, 7) is 0. The van der Waals surface area contributed by atoms with E-state index in [0.29, 0.717) is 5.75 Å². The molecule has 2 atom stereocenters. The van der Waals surface area contributed by atoms with Crippen molar-refractivity contribution in [3.63, 3.8) is 0 Å². The molecule has 0 saturated heterocycles. The molecule has 20 heavy (non-hydrogen) atoms. The number of hydrogen-bond donors (Lipinski definition) is 1. The fraction of sp³-hybridized carbons (Fsp3) is 0.625. The summed E-state index contributed by atoms with van der Waals surface area (Å²) in [7, 11) is 0. The summed E-state index contributed by atoms with van der Waals surface area (Å²) >= 11 is 5.70. The molecule has 2 fully saturated rings. The molecular weight excluding hydrogens is 277 g/mol. The van der Waals surface area contributed by atoms with E-state index in [9.17, 15) is 4.39 Å². The number of rotatable bonds is 2. The Kier molecular flexibility index (Phi) is 3.91. The maximum absolute atomic E-state index is 13.5. The number of nitrogens with two attached hydrogens (primary N) is 1. The van der Waals surface area contributed by atoms with Crippen LogP contribution in [0.5, 0.6) is 5.75 Å². The zero-order valence-electron chi connectivity index (χ0n) is 11.6. The zero-order valence-corrected chi connectivity index (χ0v) is 12.3. The second-order valence-corrected chi connectivity index (χ2v) is 6.58. The van der Waals surface area contributed by atoms with Gasteiger partial charge in [0, 0.05) is 23.9 Å². The van der Waals surface area contributed by atoms with E-state index in [1.54, 1.807) is 12.1 Å². The first-order valence-electron chi connectivity index (χ1n) is 7.49. The van der Waals surface area contributed by atoms with Crippen molar-refractivity contribution in [1.82, 2.24) is 0 Å². The van der Waals surface area contributed by atoms with Gasteiger partial charge in [-0.15, -0.1) is 0 Å². The van der Waals surface area contributed by atoms with E-state index in [2.05, 4.69) is 0 Å². The van der Waals surface area contributed by atoms with Crippen LogP contribution in [0.25, 0.3) is 0 Å². The molecule has 2 unspecified atom stereocenters. The van der Waals surface area contributed by atoms with Gasteiger partial charge in [0.05, 0.1) is 5.02 Å². The normalized spacial score (nSPS) is 28.8. The minimum absolute atomic E-state index is 0.104. The van der Waals surface area contributed by atoms with Crippen LogP contribution in [0.2, 0.25) is 5.02 Å². The lowest BCUT2D eigenvalue weighted by Crippen LogP contribution is -2.63. The highest BCUT2D eigenvalue weighted by Gasteiger charge is 2.54. The lowest BCUT2D eigenvalue weighted by atomic mass is 9.58. The lowest BCUT2D eigenvalue weighted by molar-refractivity contribution is -0.0771. The SMILES string of the molecule is NC1CC(Oc2ccc(Cl)c(F)c2)C12CCCCCC2. The van der Waals surface area contributed by atoms with Crippen molar-refractivity contribution >= 4 is 11.6 Å². The van der Waals surface area contributed by atoms with Crippen LogP contribution in [0.15, 0.2) is 18.2 Å². The second-order valence-electron chi connectivity index (χ2n) is 6.17. The van der Waals surface area contributed by atoms with Gasteiger partial charge >= 0.3 is 0 Å². The van der Waals surface area contributed by atoms with Gasteiger partial charge in [-0.05, 0) is 25.0 Å². The Hall–Kier alpha value is -0.800. The van der Waals surface area contributed by atoms with Crippen molar-refractivity contribution in [3.05, 3.63) is 29.0 Å². The molecule has 0 bridgehead atoms. The Morgan fingerprint density at radius 2 is 1.90 bits per heavy atom. The van der Waals surface area contributed by atoms with Crippen molar-refractivity contribution in [2.75, 3.05) is 0 Å². The van der Waals surface area contributed by atoms with E-state index in [1.165, 1.54) is 31.7 Å². The summed E-state index contributed by atoms with van der Waals surface area (Å²) in [4.78, 5) is 0. The van der Waals surface area contributed by atoms with Gasteiger partial charge in [-0.25, -0.2) is 4.39 Å². The minimum atomic E-state index is -0.428. The van der Waals surface area contributed by atoms with Gasteiger partial charge in [-0.1, -0.05) is 37.3 Å². The molecular formula is C16H21ClFNO. The molecule has 2 N–H and O–H groups in total. The predicted molar refractivity (Wildman–Crippen MR) is 78.6 cm³/mol. The quantitative estimate of drug-likeness (QED) is 0.883. The van der Waals surface area contributed by atoms with E-state index >= 15 is 0 Å². The summed E-state index contributed by atoms with van der Waals surface area (Å²) in [5, 5.41) is 0.131. The number of hydrogen-bond acceptors (Lipinski definition) is 2. The first kappa shape index (κ1) is 14.2. The monoisotopic (exact) mass is 297 g/mol. The van der Waals surface area contributed by atoms with E-state index < -0.39 is 5.82 Å². The van der Waals surface area contributed by atoms with Crippen LogP contribution < -0.4 is 10.5 Å². The second kappa shape index (κ2) is 5.53. The van der Waals surface area contributed by atoms with Gasteiger partial charge in [0.1, 0.15) is 17.7 Å². The zero-order chi connectivity index (χ0) is 14.2. The van der Waals surface area contributed by atoms with Crippen LogP contribution in [-0.2, 0) is 0 Å². The Labute approximate surface area is 124 Å². The van der Waals surface area contributed by atoms with Crippen molar-refractivity contribution in [2.24, 2.45) is 11.1 Å². The molecule has 2 saturated carbocycles. The molecule has 110 valence electrons. The van der Waals surface area contributed by atoms with Gasteiger partial charge < -0.3 is 10.5 Å². The third kappa shape index (κ3) is 2.42. The summed E-state index contributed by atoms with van der Waals surface area (Å²) in [6.07, 6.45) is 8.28. The van der Waals surface area contributed by atoms with Crippen molar-refractivity contribution in [2.45, 2.75) is 57.1 Å². The maximum atomic E-state index is 13.5. The standard InChI is InChI=1S/C16H21ClFNO/c17-12-6-5-11(9-13(12)18)20-15-10-14(19)16(15)7-3-1-2-4-8-16/h5-6,9,14-15H,1-4,7-8,10,19H2. The molecule has 0 radical (unpaired) electrons. The van der Waals surface area contributed by atoms with Crippen LogP contribution in [0.3, 0.4) is 0 Å². The van der Waals surface area contributed by atoms with Crippen LogP contribution in [0.4, 0.5) is 4.39 Å². The average molecular weight is 298 g/mol. The fourth-order valence-corrected chi connectivity index (χ4v) is 3.86. The van der Waals surface area contributed by atoms with E-state index in [4.69, 9.17) is 22.1 Å². The molecule has 0 aromatic heterocycles. The predicted octanol–water partition coefficient (Wildman–Crippen LogP) is 4.30. The summed E-state index contributed by atoms with van der Waals surface area (Å²) in [5.41, 5.74) is 6.38. The molecule has 4 heteroatoms. The number of benzene rings is 1. The summed E-state index contributed by atoms with van der Waals surface area (Å²) in [5.74, 6) is 0.134. The smallest absolute Gasteiger partial charge is 0.145 e. The van der Waals surface area contributed by atoms with Crippen molar-refractivity contribution < 1.29 is 9.13 Å². The molecule has 2 aliphatic carbocycles. The van der Waals surface area contributed by atoms with Crippen LogP contribution in [-0.4, -0.2) is 12.1 Å². The maximum Gasteiger partial charge on any atom is 0.145 e. The number of halogens is 2. The highest BCUT2D eigenvalue weighted by Crippen LogP contribution is 2.51. The summed E-state index contributed by atoms with van der Waals surface area (Å²) < 4.78 is 19.5. The Morgan fingerprint density at radius 1 is 1.20 bits per heavy atom. The molecule has 0 heterocycles. The topological polar surface area (TPSA) is 35.2 Å². The largest absolute Gasteiger partial charge is 0.490 e. The van der Waals surface area contributed by atoms with E-state index in [-0.39, 0.29) is 22.6 Å². The molecule has 1 spiro atoms. The molecule has 1 aromatic rings. The van der Waals surface area contributed by atoms with Crippen molar-refractivity contribution in [1.29, 1.82) is 0 Å². The fourth-order valence-electron chi connectivity index (χ4n) is 3.74. The lowest BCUT2D eigenvalue weighted by Gasteiger charge is -2.54. The molecule has 3 rings (SSSR count).